The van der Waals surface area contributed by atoms with E-state index in [9.17, 15) is 0 Å². The second-order valence-corrected chi connectivity index (χ2v) is 6.17. The molecule has 0 saturated heterocycles. The molecule has 104 valence electrons. The molecule has 1 unspecified atom stereocenters. The van der Waals surface area contributed by atoms with E-state index in [0.717, 1.165) is 5.02 Å². The highest BCUT2D eigenvalue weighted by Gasteiger charge is 2.23. The maximum Gasteiger partial charge on any atom is 0.0409 e. The summed E-state index contributed by atoms with van der Waals surface area (Å²) in [6.45, 7) is 4.37. The Balaban J connectivity index is 1.78. The van der Waals surface area contributed by atoms with Gasteiger partial charge in [-0.25, -0.2) is 0 Å². The Hall–Kier alpha value is -1.31. The van der Waals surface area contributed by atoms with Crippen LogP contribution in [0.25, 0.3) is 0 Å². The third kappa shape index (κ3) is 2.74. The first-order chi connectivity index (χ1) is 9.63. The van der Waals surface area contributed by atoms with Crippen LogP contribution in [-0.4, -0.2) is 0 Å². The molecule has 1 aliphatic rings. The Morgan fingerprint density at radius 2 is 2.05 bits per heavy atom. The van der Waals surface area contributed by atoms with Gasteiger partial charge in [-0.2, -0.15) is 0 Å². The molecule has 0 fully saturated rings. The Bertz CT molecular complexity index is 621. The summed E-state index contributed by atoms with van der Waals surface area (Å²) < 4.78 is 0. The summed E-state index contributed by atoms with van der Waals surface area (Å²) in [5.74, 6) is 0. The molecule has 3 rings (SSSR count). The van der Waals surface area contributed by atoms with E-state index in [1.807, 2.05) is 18.2 Å². The summed E-state index contributed by atoms with van der Waals surface area (Å²) >= 11 is 6.08. The second-order valence-electron chi connectivity index (χ2n) is 5.74. The van der Waals surface area contributed by atoms with Crippen LogP contribution >= 0.6 is 11.6 Å². The van der Waals surface area contributed by atoms with Gasteiger partial charge < -0.3 is 5.32 Å². The molecule has 1 aliphatic carbocycles. The summed E-state index contributed by atoms with van der Waals surface area (Å²) in [7, 11) is 0. The van der Waals surface area contributed by atoms with Gasteiger partial charge in [0.15, 0.2) is 0 Å². The lowest BCUT2D eigenvalue weighted by atomic mass is 10.0. The number of nitrogens with one attached hydrogen (secondary N) is 1. The minimum Gasteiger partial charge on any atom is -0.303 e. The normalized spacial score (nSPS) is 18.9. The van der Waals surface area contributed by atoms with Crippen LogP contribution in [0.15, 0.2) is 42.5 Å². The van der Waals surface area contributed by atoms with E-state index in [-0.39, 0.29) is 0 Å². The molecule has 0 bridgehead atoms. The van der Waals surface area contributed by atoms with Gasteiger partial charge in [-0.1, -0.05) is 47.5 Å². The third-order valence-electron chi connectivity index (χ3n) is 4.18. The zero-order valence-corrected chi connectivity index (χ0v) is 12.7. The monoisotopic (exact) mass is 285 g/mol. The first-order valence-corrected chi connectivity index (χ1v) is 7.62. The summed E-state index contributed by atoms with van der Waals surface area (Å²) in [6, 6.07) is 15.7. The summed E-state index contributed by atoms with van der Waals surface area (Å²) in [5.41, 5.74) is 5.55. The SMILES string of the molecule is Cc1ccc2c(c1)C(N[C@@H](C)c1cccc(Cl)c1)CC2. The molecule has 2 heteroatoms. The van der Waals surface area contributed by atoms with Gasteiger partial charge in [0, 0.05) is 17.1 Å². The number of aryl methyl sites for hydroxylation is 2. The van der Waals surface area contributed by atoms with E-state index >= 15 is 0 Å². The Morgan fingerprint density at radius 1 is 1.20 bits per heavy atom. The van der Waals surface area contributed by atoms with Crippen LogP contribution in [0.1, 0.15) is 47.7 Å². The first kappa shape index (κ1) is 13.7. The molecule has 0 radical (unpaired) electrons. The maximum absolute atomic E-state index is 6.08. The van der Waals surface area contributed by atoms with Crippen LogP contribution in [0.5, 0.6) is 0 Å². The molecule has 0 aliphatic heterocycles. The number of benzene rings is 2. The van der Waals surface area contributed by atoms with E-state index in [1.54, 1.807) is 0 Å². The molecule has 0 spiro atoms. The van der Waals surface area contributed by atoms with Gasteiger partial charge in [0.1, 0.15) is 0 Å². The van der Waals surface area contributed by atoms with Crippen LogP contribution in [0.3, 0.4) is 0 Å². The lowest BCUT2D eigenvalue weighted by Crippen LogP contribution is -2.23. The van der Waals surface area contributed by atoms with E-state index in [2.05, 4.69) is 43.4 Å². The molecule has 2 aromatic rings. The van der Waals surface area contributed by atoms with Crippen molar-refractivity contribution >= 4 is 11.6 Å². The third-order valence-corrected chi connectivity index (χ3v) is 4.41. The van der Waals surface area contributed by atoms with Crippen LogP contribution in [0.4, 0.5) is 0 Å². The molecule has 0 saturated carbocycles. The van der Waals surface area contributed by atoms with Crippen molar-refractivity contribution in [3.05, 3.63) is 69.7 Å². The minimum absolute atomic E-state index is 0.310. The zero-order valence-electron chi connectivity index (χ0n) is 12.0. The Kier molecular flexibility index (Phi) is 3.82. The highest BCUT2D eigenvalue weighted by atomic mass is 35.5. The molecule has 1 N–H and O–H groups in total. The quantitative estimate of drug-likeness (QED) is 0.838. The molecule has 2 atom stereocenters. The smallest absolute Gasteiger partial charge is 0.0409 e. The topological polar surface area (TPSA) is 12.0 Å². The van der Waals surface area contributed by atoms with Crippen LogP contribution < -0.4 is 5.32 Å². The molecule has 1 nitrogen and oxygen atoms in total. The average molecular weight is 286 g/mol. The lowest BCUT2D eigenvalue weighted by Gasteiger charge is -2.21. The molecular weight excluding hydrogens is 266 g/mol. The Labute approximate surface area is 126 Å². The molecule has 20 heavy (non-hydrogen) atoms. The molecule has 0 aromatic heterocycles. The van der Waals surface area contributed by atoms with Crippen molar-refractivity contribution in [1.82, 2.24) is 5.32 Å². The van der Waals surface area contributed by atoms with E-state index < -0.39 is 0 Å². The number of halogens is 1. The van der Waals surface area contributed by atoms with Gasteiger partial charge in [-0.15, -0.1) is 0 Å². The van der Waals surface area contributed by atoms with Crippen molar-refractivity contribution in [3.8, 4) is 0 Å². The predicted octanol–water partition coefficient (Wildman–Crippen LogP) is 4.99. The van der Waals surface area contributed by atoms with Gasteiger partial charge in [0.2, 0.25) is 0 Å². The molecule has 0 heterocycles. The van der Waals surface area contributed by atoms with Crippen molar-refractivity contribution in [2.45, 2.75) is 38.8 Å². The Morgan fingerprint density at radius 3 is 2.85 bits per heavy atom. The highest BCUT2D eigenvalue weighted by Crippen LogP contribution is 2.33. The lowest BCUT2D eigenvalue weighted by molar-refractivity contribution is 0.465. The van der Waals surface area contributed by atoms with Gasteiger partial charge in [0.05, 0.1) is 0 Å². The summed E-state index contributed by atoms with van der Waals surface area (Å²) in [6.07, 6.45) is 2.36. The average Bonchev–Trinajstić information content (AvgIpc) is 2.81. The second kappa shape index (κ2) is 5.59. The predicted molar refractivity (Wildman–Crippen MR) is 85.2 cm³/mol. The van der Waals surface area contributed by atoms with Gasteiger partial charge in [-0.05, 0) is 55.5 Å². The van der Waals surface area contributed by atoms with E-state index in [1.165, 1.54) is 35.1 Å². The molecular formula is C18H20ClN. The number of hydrogen-bond donors (Lipinski definition) is 1. The van der Waals surface area contributed by atoms with E-state index in [0.29, 0.717) is 12.1 Å². The summed E-state index contributed by atoms with van der Waals surface area (Å²) in [4.78, 5) is 0. The van der Waals surface area contributed by atoms with E-state index in [4.69, 9.17) is 11.6 Å². The van der Waals surface area contributed by atoms with Crippen molar-refractivity contribution < 1.29 is 0 Å². The van der Waals surface area contributed by atoms with Gasteiger partial charge in [0.25, 0.3) is 0 Å². The van der Waals surface area contributed by atoms with Crippen LogP contribution in [0, 0.1) is 6.92 Å². The number of rotatable bonds is 3. The fourth-order valence-corrected chi connectivity index (χ4v) is 3.27. The van der Waals surface area contributed by atoms with Gasteiger partial charge >= 0.3 is 0 Å². The van der Waals surface area contributed by atoms with Crippen molar-refractivity contribution in [2.24, 2.45) is 0 Å². The standard InChI is InChI=1S/C18H20ClN/c1-12-6-7-14-8-9-18(17(14)10-12)20-13(2)15-4-3-5-16(19)11-15/h3-7,10-11,13,18,20H,8-9H2,1-2H3/t13-,18?/m0/s1. The van der Waals surface area contributed by atoms with Crippen LogP contribution in [-0.2, 0) is 6.42 Å². The maximum atomic E-state index is 6.08. The largest absolute Gasteiger partial charge is 0.303 e. The number of fused-ring (bicyclic) bond motifs is 1. The zero-order chi connectivity index (χ0) is 14.1. The molecule has 2 aromatic carbocycles. The fraction of sp³-hybridized carbons (Fsp3) is 0.333. The van der Waals surface area contributed by atoms with Crippen LogP contribution in [0.2, 0.25) is 5.02 Å². The van der Waals surface area contributed by atoms with Gasteiger partial charge in [-0.3, -0.25) is 0 Å². The van der Waals surface area contributed by atoms with Crippen molar-refractivity contribution in [1.29, 1.82) is 0 Å². The first-order valence-electron chi connectivity index (χ1n) is 7.24. The summed E-state index contributed by atoms with van der Waals surface area (Å²) in [5, 5.41) is 4.55. The van der Waals surface area contributed by atoms with Crippen molar-refractivity contribution in [2.75, 3.05) is 0 Å². The number of hydrogen-bond acceptors (Lipinski definition) is 1. The molecule has 0 amide bonds. The van der Waals surface area contributed by atoms with Crippen molar-refractivity contribution in [3.63, 3.8) is 0 Å². The fourth-order valence-electron chi connectivity index (χ4n) is 3.07. The minimum atomic E-state index is 0.310. The highest BCUT2D eigenvalue weighted by molar-refractivity contribution is 6.30.